The molecule has 0 heterocycles. The molecule has 2 unspecified atom stereocenters. The summed E-state index contributed by atoms with van der Waals surface area (Å²) < 4.78 is 0. The third kappa shape index (κ3) is 2.56. The first-order chi connectivity index (χ1) is 11.6. The number of benzene rings is 2. The second-order valence-electron chi connectivity index (χ2n) is 7.99. The molecule has 124 valence electrons. The van der Waals surface area contributed by atoms with Crippen molar-refractivity contribution in [3.63, 3.8) is 0 Å². The highest BCUT2D eigenvalue weighted by Crippen LogP contribution is 2.67. The molecule has 1 saturated carbocycles. The van der Waals surface area contributed by atoms with Gasteiger partial charge in [0.1, 0.15) is 0 Å². The summed E-state index contributed by atoms with van der Waals surface area (Å²) in [6.45, 7) is 5.00. The molecule has 0 aliphatic heterocycles. The maximum absolute atomic E-state index is 2.57. The molecular formula is C23H27P. The van der Waals surface area contributed by atoms with E-state index in [4.69, 9.17) is 0 Å². The molecule has 0 N–H and O–H groups in total. The molecule has 5 rings (SSSR count). The molecule has 0 nitrogen and oxygen atoms in total. The summed E-state index contributed by atoms with van der Waals surface area (Å²) in [5.41, 5.74) is 0.927. The van der Waals surface area contributed by atoms with Crippen LogP contribution in [0.2, 0.25) is 0 Å². The van der Waals surface area contributed by atoms with E-state index in [9.17, 15) is 0 Å². The molecule has 3 aliphatic carbocycles. The minimum Gasteiger partial charge on any atom is -0.0877 e. The van der Waals surface area contributed by atoms with Gasteiger partial charge in [-0.2, -0.15) is 0 Å². The Morgan fingerprint density at radius 3 is 2.00 bits per heavy atom. The van der Waals surface area contributed by atoms with Gasteiger partial charge in [-0.15, -0.1) is 0 Å². The topological polar surface area (TPSA) is 0 Å². The third-order valence-corrected chi connectivity index (χ3v) is 9.20. The lowest BCUT2D eigenvalue weighted by atomic mass is 9.41. The summed E-state index contributed by atoms with van der Waals surface area (Å²) in [6, 6.07) is 22.3. The summed E-state index contributed by atoms with van der Waals surface area (Å²) in [6.07, 6.45) is 10.3. The van der Waals surface area contributed by atoms with Crippen LogP contribution in [0.25, 0.3) is 0 Å². The summed E-state index contributed by atoms with van der Waals surface area (Å²) in [5.74, 6) is 0.905. The van der Waals surface area contributed by atoms with Gasteiger partial charge in [-0.25, -0.2) is 0 Å². The van der Waals surface area contributed by atoms with Crippen LogP contribution in [-0.4, -0.2) is 6.16 Å². The van der Waals surface area contributed by atoms with E-state index in [1.54, 1.807) is 0 Å². The van der Waals surface area contributed by atoms with Gasteiger partial charge >= 0.3 is 0 Å². The summed E-state index contributed by atoms with van der Waals surface area (Å²) >= 11 is 0. The zero-order valence-corrected chi connectivity index (χ0v) is 15.7. The molecule has 2 atom stereocenters. The van der Waals surface area contributed by atoms with Gasteiger partial charge < -0.3 is 0 Å². The number of allylic oxidation sites excluding steroid dienone is 2. The Bertz CT molecular complexity index is 677. The van der Waals surface area contributed by atoms with Crippen LogP contribution in [0.5, 0.6) is 0 Å². The molecule has 24 heavy (non-hydrogen) atoms. The van der Waals surface area contributed by atoms with Gasteiger partial charge in [0.25, 0.3) is 0 Å². The molecule has 0 saturated heterocycles. The van der Waals surface area contributed by atoms with Crippen LogP contribution in [0.15, 0.2) is 72.8 Å². The predicted molar refractivity (Wildman–Crippen MR) is 107 cm³/mol. The Hall–Kier alpha value is -1.39. The molecule has 0 aromatic heterocycles. The van der Waals surface area contributed by atoms with Crippen molar-refractivity contribution in [1.82, 2.24) is 0 Å². The molecule has 1 heteroatoms. The fourth-order valence-electron chi connectivity index (χ4n) is 4.79. The smallest absolute Gasteiger partial charge is 0.00578 e. The van der Waals surface area contributed by atoms with Crippen molar-refractivity contribution in [2.75, 3.05) is 6.16 Å². The molecular weight excluding hydrogens is 307 g/mol. The highest BCUT2D eigenvalue weighted by atomic mass is 31.1. The molecule has 1 fully saturated rings. The van der Waals surface area contributed by atoms with Gasteiger partial charge in [0.2, 0.25) is 0 Å². The Labute approximate surface area is 147 Å². The molecule has 2 aromatic rings. The molecule has 2 bridgehead atoms. The van der Waals surface area contributed by atoms with Gasteiger partial charge in [0.05, 0.1) is 0 Å². The number of rotatable bonds is 5. The van der Waals surface area contributed by atoms with Crippen molar-refractivity contribution < 1.29 is 0 Å². The van der Waals surface area contributed by atoms with Gasteiger partial charge in [-0.1, -0.05) is 86.7 Å². The predicted octanol–water partition coefficient (Wildman–Crippen LogP) is 5.50. The minimum absolute atomic E-state index is 0.258. The van der Waals surface area contributed by atoms with Crippen LogP contribution < -0.4 is 10.6 Å². The highest BCUT2D eigenvalue weighted by Gasteiger charge is 2.58. The van der Waals surface area contributed by atoms with Crippen molar-refractivity contribution >= 4 is 18.5 Å². The Kier molecular flexibility index (Phi) is 4.13. The van der Waals surface area contributed by atoms with Gasteiger partial charge in [-0.3, -0.25) is 0 Å². The number of hydrogen-bond acceptors (Lipinski definition) is 0. The van der Waals surface area contributed by atoms with Crippen molar-refractivity contribution in [2.24, 2.45) is 16.7 Å². The first-order valence-corrected chi connectivity index (χ1v) is 10.7. The maximum Gasteiger partial charge on any atom is -0.00578 e. The van der Waals surface area contributed by atoms with E-state index in [0.29, 0.717) is 10.8 Å². The molecule has 3 aliphatic rings. The average molecular weight is 334 g/mol. The van der Waals surface area contributed by atoms with Crippen molar-refractivity contribution in [3.05, 3.63) is 72.8 Å². The lowest BCUT2D eigenvalue weighted by Gasteiger charge is -2.64. The van der Waals surface area contributed by atoms with Gasteiger partial charge in [-0.05, 0) is 60.7 Å². The van der Waals surface area contributed by atoms with Crippen molar-refractivity contribution in [3.8, 4) is 0 Å². The van der Waals surface area contributed by atoms with E-state index >= 15 is 0 Å². The number of fused-ring (bicyclic) bond motifs is 1. The van der Waals surface area contributed by atoms with E-state index in [-0.39, 0.29) is 7.92 Å². The molecule has 0 spiro atoms. The highest BCUT2D eigenvalue weighted by molar-refractivity contribution is 7.73. The minimum atomic E-state index is -0.258. The molecule has 0 radical (unpaired) electrons. The largest absolute Gasteiger partial charge is 0.0877 e. The Morgan fingerprint density at radius 2 is 1.50 bits per heavy atom. The lowest BCUT2D eigenvalue weighted by molar-refractivity contribution is -0.0940. The van der Waals surface area contributed by atoms with Crippen molar-refractivity contribution in [2.45, 2.75) is 33.1 Å². The van der Waals surface area contributed by atoms with Gasteiger partial charge in [0.15, 0.2) is 0 Å². The van der Waals surface area contributed by atoms with E-state index in [1.807, 2.05) is 0 Å². The summed E-state index contributed by atoms with van der Waals surface area (Å²) in [4.78, 5) is 0. The summed E-state index contributed by atoms with van der Waals surface area (Å²) in [7, 11) is -0.258. The Morgan fingerprint density at radius 1 is 0.917 bits per heavy atom. The zero-order valence-electron chi connectivity index (χ0n) is 14.8. The summed E-state index contributed by atoms with van der Waals surface area (Å²) in [5, 5.41) is 3.03. The fraction of sp³-hybridized carbons (Fsp3) is 0.391. The molecule has 0 amide bonds. The SMILES string of the molecule is CC1(C)C2CC=CC1(CCP(c1ccccc1)c1ccccc1)C2. The number of hydrogen-bond donors (Lipinski definition) is 0. The van der Waals surface area contributed by atoms with E-state index in [1.165, 1.54) is 36.0 Å². The Balaban J connectivity index is 1.60. The molecule has 2 aromatic carbocycles. The van der Waals surface area contributed by atoms with Crippen molar-refractivity contribution in [1.29, 1.82) is 0 Å². The van der Waals surface area contributed by atoms with Crippen LogP contribution in [0.1, 0.15) is 33.1 Å². The van der Waals surface area contributed by atoms with Gasteiger partial charge in [0, 0.05) is 0 Å². The van der Waals surface area contributed by atoms with Crippen LogP contribution in [0, 0.1) is 16.7 Å². The third-order valence-electron chi connectivity index (χ3n) is 6.69. The van der Waals surface area contributed by atoms with Crippen LogP contribution in [-0.2, 0) is 0 Å². The van der Waals surface area contributed by atoms with Crippen LogP contribution in [0.3, 0.4) is 0 Å². The van der Waals surface area contributed by atoms with Crippen LogP contribution in [0.4, 0.5) is 0 Å². The standard InChI is InChI=1S/C23H27P/c1-22(2)19-10-9-15-23(22,18-19)16-17-24(20-11-5-3-6-12-20)21-13-7-4-8-14-21/h3-9,11-15,19H,10,16-18H2,1-2H3. The average Bonchev–Trinajstić information content (AvgIpc) is 2.64. The van der Waals surface area contributed by atoms with E-state index in [0.717, 1.165) is 5.92 Å². The second kappa shape index (κ2) is 6.16. The quantitative estimate of drug-likeness (QED) is 0.500. The normalized spacial score (nSPS) is 27.0. The van der Waals surface area contributed by atoms with E-state index in [2.05, 4.69) is 86.7 Å². The second-order valence-corrected chi connectivity index (χ2v) is 10.3. The monoisotopic (exact) mass is 334 g/mol. The van der Waals surface area contributed by atoms with E-state index < -0.39 is 0 Å². The lowest BCUT2D eigenvalue weighted by Crippen LogP contribution is -2.56. The first kappa shape index (κ1) is 16.1. The zero-order chi connectivity index (χ0) is 16.6. The van der Waals surface area contributed by atoms with Crippen LogP contribution >= 0.6 is 7.92 Å². The first-order valence-electron chi connectivity index (χ1n) is 9.18. The fourth-order valence-corrected chi connectivity index (χ4v) is 7.30. The maximum atomic E-state index is 2.57.